The molecule has 0 amide bonds. The lowest BCUT2D eigenvalue weighted by atomic mass is 10.3. The highest BCUT2D eigenvalue weighted by molar-refractivity contribution is 4.72. The molecule has 0 bridgehead atoms. The van der Waals surface area contributed by atoms with Crippen LogP contribution in [0.5, 0.6) is 0 Å². The van der Waals surface area contributed by atoms with Gasteiger partial charge in [0, 0.05) is 0 Å². The Morgan fingerprint density at radius 2 is 1.54 bits per heavy atom. The van der Waals surface area contributed by atoms with Crippen LogP contribution in [0.4, 0.5) is 0 Å². The number of hydrogen-bond donors (Lipinski definition) is 0. The first kappa shape index (κ1) is 12.9. The number of quaternary nitrogens is 1. The maximum atomic E-state index is 5.33. The lowest BCUT2D eigenvalue weighted by molar-refractivity contribution is -0.924. The normalized spacial score (nSPS) is 20.0. The summed E-state index contributed by atoms with van der Waals surface area (Å²) in [6, 6.07) is 0. The molecule has 0 aromatic heterocycles. The van der Waals surface area contributed by atoms with Gasteiger partial charge in [-0.3, -0.25) is 0 Å². The van der Waals surface area contributed by atoms with Crippen molar-refractivity contribution in [3.8, 4) is 0 Å². The van der Waals surface area contributed by atoms with Crippen molar-refractivity contribution in [2.45, 2.75) is 0 Å². The van der Waals surface area contributed by atoms with Gasteiger partial charge in [0.05, 0.1) is 26.3 Å². The van der Waals surface area contributed by atoms with E-state index in [0.29, 0.717) is 0 Å². The molecule has 0 saturated carbocycles. The molecule has 0 aromatic carbocycles. The molecule has 76 valence electrons. The fourth-order valence-corrected chi connectivity index (χ4v) is 1.72. The second-order valence-electron chi connectivity index (χ2n) is 3.34. The van der Waals surface area contributed by atoms with Crippen LogP contribution < -0.4 is 17.0 Å². The summed E-state index contributed by atoms with van der Waals surface area (Å²) in [6.07, 6.45) is 3.99. The van der Waals surface area contributed by atoms with E-state index < -0.39 is 0 Å². The fraction of sp³-hybridized carbons (Fsp3) is 0.600. The monoisotopic (exact) mass is 247 g/mol. The highest BCUT2D eigenvalue weighted by Crippen LogP contribution is 2.11. The first-order valence-electron chi connectivity index (χ1n) is 4.48. The van der Waals surface area contributed by atoms with Crippen molar-refractivity contribution in [1.82, 2.24) is 0 Å². The number of rotatable bonds is 4. The Hall–Kier alpha value is -0.120. The molecule has 1 aliphatic heterocycles. The average molecular weight is 248 g/mol. The molecule has 0 aliphatic carbocycles. The minimum atomic E-state index is 0. The number of nitrogens with zero attached hydrogens (tertiary/aromatic N) is 1. The maximum Gasteiger partial charge on any atom is 0.103 e. The molecule has 0 radical (unpaired) electrons. The summed E-state index contributed by atoms with van der Waals surface area (Å²) in [5.74, 6) is 0. The molecule has 2 nitrogen and oxygen atoms in total. The summed E-state index contributed by atoms with van der Waals surface area (Å²) >= 11 is 0. The highest BCUT2D eigenvalue weighted by atomic mass is 79.9. The van der Waals surface area contributed by atoms with E-state index in [0.717, 1.165) is 43.9 Å². The Morgan fingerprint density at radius 1 is 1.08 bits per heavy atom. The van der Waals surface area contributed by atoms with Crippen LogP contribution >= 0.6 is 0 Å². The Kier molecular flexibility index (Phi) is 6.29. The van der Waals surface area contributed by atoms with Crippen LogP contribution in [0.3, 0.4) is 0 Å². The van der Waals surface area contributed by atoms with E-state index in [9.17, 15) is 0 Å². The van der Waals surface area contributed by atoms with Crippen LogP contribution in [0.25, 0.3) is 0 Å². The van der Waals surface area contributed by atoms with Gasteiger partial charge < -0.3 is 26.2 Å². The summed E-state index contributed by atoms with van der Waals surface area (Å²) in [6.45, 7) is 13.6. The second kappa shape index (κ2) is 6.35. The molecule has 0 N–H and O–H groups in total. The standard InChI is InChI=1S/C10H18NO.BrH/c1-3-5-11(6-4-2)7-9-12-10-8-11;/h3-4H,1-2,5-10H2;1H/q+1;/p-1. The number of halogens is 1. The lowest BCUT2D eigenvalue weighted by Gasteiger charge is -2.39. The molecule has 13 heavy (non-hydrogen) atoms. The predicted molar refractivity (Wildman–Crippen MR) is 50.9 cm³/mol. The fourth-order valence-electron chi connectivity index (χ4n) is 1.72. The Balaban J connectivity index is 0.00000144. The molecular formula is C10H18BrNO. The van der Waals surface area contributed by atoms with Gasteiger partial charge in [0.1, 0.15) is 13.1 Å². The Bertz CT molecular complexity index is 152. The molecular weight excluding hydrogens is 230 g/mol. The summed E-state index contributed by atoms with van der Waals surface area (Å²) in [7, 11) is 0. The van der Waals surface area contributed by atoms with E-state index in [2.05, 4.69) is 13.2 Å². The molecule has 0 atom stereocenters. The summed E-state index contributed by atoms with van der Waals surface area (Å²) in [5, 5.41) is 0. The van der Waals surface area contributed by atoms with Crippen LogP contribution in [0, 0.1) is 0 Å². The quantitative estimate of drug-likeness (QED) is 0.422. The van der Waals surface area contributed by atoms with E-state index >= 15 is 0 Å². The molecule has 1 fully saturated rings. The minimum Gasteiger partial charge on any atom is -1.00 e. The molecule has 1 aliphatic rings. The van der Waals surface area contributed by atoms with Gasteiger partial charge in [-0.1, -0.05) is 13.2 Å². The molecule has 0 unspecified atom stereocenters. The SMILES string of the molecule is C=CC[N+]1(CC=C)CCOCC1.[Br-]. The van der Waals surface area contributed by atoms with Crippen LogP contribution in [0.2, 0.25) is 0 Å². The van der Waals surface area contributed by atoms with Crippen LogP contribution in [0.1, 0.15) is 0 Å². The Morgan fingerprint density at radius 3 is 1.92 bits per heavy atom. The van der Waals surface area contributed by atoms with Gasteiger partial charge in [0.2, 0.25) is 0 Å². The van der Waals surface area contributed by atoms with Crippen molar-refractivity contribution in [3.63, 3.8) is 0 Å². The molecule has 3 heteroatoms. The number of ether oxygens (including phenoxy) is 1. The maximum absolute atomic E-state index is 5.33. The smallest absolute Gasteiger partial charge is 0.103 e. The topological polar surface area (TPSA) is 9.23 Å². The first-order chi connectivity index (χ1) is 5.83. The van der Waals surface area contributed by atoms with Gasteiger partial charge in [-0.05, 0) is 12.2 Å². The Labute approximate surface area is 91.2 Å². The van der Waals surface area contributed by atoms with Crippen molar-refractivity contribution >= 4 is 0 Å². The summed E-state index contributed by atoms with van der Waals surface area (Å²) in [5.41, 5.74) is 0. The molecule has 1 rings (SSSR count). The summed E-state index contributed by atoms with van der Waals surface area (Å²) < 4.78 is 6.41. The van der Waals surface area contributed by atoms with Gasteiger partial charge >= 0.3 is 0 Å². The molecule has 1 heterocycles. The van der Waals surface area contributed by atoms with Crippen molar-refractivity contribution in [1.29, 1.82) is 0 Å². The van der Waals surface area contributed by atoms with Gasteiger partial charge in [-0.2, -0.15) is 0 Å². The molecule has 1 saturated heterocycles. The van der Waals surface area contributed by atoms with E-state index in [1.165, 1.54) is 0 Å². The van der Waals surface area contributed by atoms with Gasteiger partial charge in [-0.25, -0.2) is 0 Å². The van der Waals surface area contributed by atoms with Gasteiger partial charge in [-0.15, -0.1) is 0 Å². The zero-order valence-electron chi connectivity index (χ0n) is 8.04. The van der Waals surface area contributed by atoms with E-state index in [-0.39, 0.29) is 17.0 Å². The van der Waals surface area contributed by atoms with Crippen molar-refractivity contribution in [2.75, 3.05) is 39.4 Å². The minimum absolute atomic E-state index is 0. The van der Waals surface area contributed by atoms with Crippen molar-refractivity contribution in [3.05, 3.63) is 25.3 Å². The second-order valence-corrected chi connectivity index (χ2v) is 3.34. The van der Waals surface area contributed by atoms with Crippen LogP contribution in [0.15, 0.2) is 25.3 Å². The van der Waals surface area contributed by atoms with E-state index in [4.69, 9.17) is 4.74 Å². The summed E-state index contributed by atoms with van der Waals surface area (Å²) in [4.78, 5) is 0. The number of hydrogen-bond acceptors (Lipinski definition) is 1. The largest absolute Gasteiger partial charge is 1.00 e. The molecule has 0 spiro atoms. The van der Waals surface area contributed by atoms with E-state index in [1.54, 1.807) is 0 Å². The van der Waals surface area contributed by atoms with E-state index in [1.807, 2.05) is 12.2 Å². The highest BCUT2D eigenvalue weighted by Gasteiger charge is 2.27. The van der Waals surface area contributed by atoms with Crippen LogP contribution in [-0.4, -0.2) is 43.9 Å². The third-order valence-electron chi connectivity index (χ3n) is 2.45. The van der Waals surface area contributed by atoms with Crippen molar-refractivity contribution in [2.24, 2.45) is 0 Å². The third kappa shape index (κ3) is 3.63. The molecule has 0 aromatic rings. The first-order valence-corrected chi connectivity index (χ1v) is 4.48. The van der Waals surface area contributed by atoms with Gasteiger partial charge in [0.25, 0.3) is 0 Å². The van der Waals surface area contributed by atoms with Crippen molar-refractivity contribution < 1.29 is 26.2 Å². The number of morpholine rings is 1. The predicted octanol–water partition coefficient (Wildman–Crippen LogP) is -1.79. The zero-order valence-corrected chi connectivity index (χ0v) is 9.63. The van der Waals surface area contributed by atoms with Gasteiger partial charge in [0.15, 0.2) is 0 Å². The average Bonchev–Trinajstić information content (AvgIpc) is 2.07. The lowest BCUT2D eigenvalue weighted by Crippen LogP contribution is -3.00. The zero-order chi connectivity index (χ0) is 8.86. The van der Waals surface area contributed by atoms with Crippen LogP contribution in [-0.2, 0) is 4.74 Å². The third-order valence-corrected chi connectivity index (χ3v) is 2.45.